The van der Waals surface area contributed by atoms with Crippen LogP contribution in [0.4, 0.5) is 0 Å². The van der Waals surface area contributed by atoms with Crippen LogP contribution in [0.5, 0.6) is 0 Å². The number of aromatic nitrogens is 8. The maximum atomic E-state index is 4.92. The summed E-state index contributed by atoms with van der Waals surface area (Å²) >= 11 is 0. The fraction of sp³-hybridized carbons (Fsp3) is 0.286. The van der Waals surface area contributed by atoms with Crippen molar-refractivity contribution >= 4 is 0 Å². The highest BCUT2D eigenvalue weighted by Crippen LogP contribution is 2.27. The number of H-pyrrole nitrogens is 1. The third-order valence-electron chi connectivity index (χ3n) is 6.23. The summed E-state index contributed by atoms with van der Waals surface area (Å²) in [4.78, 5) is 9.49. The van der Waals surface area contributed by atoms with Crippen molar-refractivity contribution in [2.24, 2.45) is 0 Å². The number of aryl methyl sites for hydroxylation is 3. The van der Waals surface area contributed by atoms with Crippen molar-refractivity contribution in [3.05, 3.63) is 95.7 Å². The van der Waals surface area contributed by atoms with Crippen LogP contribution < -0.4 is 0 Å². The van der Waals surface area contributed by atoms with Crippen molar-refractivity contribution in [1.29, 1.82) is 0 Å². The standard InChI is InChI=1S/C28H30N8/c1-2-3-5-12-26-30-25(18-15-21-9-6-4-7-10-21)33-36(26)20-22-13-16-23(17-14-22)27-24(11-8-19-29-27)28-31-34-35-32-28/h4,6-11,13-14,16-17,19H,2-3,5,12,15,18,20H2,1H3,(H,31,32,34,35). The van der Waals surface area contributed by atoms with E-state index in [0.717, 1.165) is 54.2 Å². The Labute approximate surface area is 210 Å². The van der Waals surface area contributed by atoms with E-state index in [4.69, 9.17) is 10.1 Å². The lowest BCUT2D eigenvalue weighted by atomic mass is 10.0. The second-order valence-electron chi connectivity index (χ2n) is 8.88. The third kappa shape index (κ3) is 5.71. The van der Waals surface area contributed by atoms with Crippen molar-refractivity contribution in [3.8, 4) is 22.6 Å². The molecular weight excluding hydrogens is 448 g/mol. The Morgan fingerprint density at radius 1 is 0.833 bits per heavy atom. The lowest BCUT2D eigenvalue weighted by molar-refractivity contribution is 0.604. The molecule has 0 aliphatic heterocycles. The smallest absolute Gasteiger partial charge is 0.206 e. The van der Waals surface area contributed by atoms with Gasteiger partial charge in [0.05, 0.1) is 12.2 Å². The Kier molecular flexibility index (Phi) is 7.51. The van der Waals surface area contributed by atoms with Crippen LogP contribution >= 0.6 is 0 Å². The van der Waals surface area contributed by atoms with Gasteiger partial charge in [0.1, 0.15) is 5.82 Å². The van der Waals surface area contributed by atoms with E-state index in [0.29, 0.717) is 12.4 Å². The van der Waals surface area contributed by atoms with Gasteiger partial charge in [-0.05, 0) is 41.3 Å². The Morgan fingerprint density at radius 2 is 1.69 bits per heavy atom. The summed E-state index contributed by atoms with van der Waals surface area (Å²) in [5, 5.41) is 19.3. The molecular formula is C28H30N8. The van der Waals surface area contributed by atoms with E-state index < -0.39 is 0 Å². The van der Waals surface area contributed by atoms with Crippen LogP contribution in [0, 0.1) is 0 Å². The fourth-order valence-electron chi connectivity index (χ4n) is 4.31. The van der Waals surface area contributed by atoms with E-state index in [1.54, 1.807) is 6.20 Å². The summed E-state index contributed by atoms with van der Waals surface area (Å²) in [5.74, 6) is 2.52. The topological polar surface area (TPSA) is 98.1 Å². The zero-order valence-corrected chi connectivity index (χ0v) is 20.5. The van der Waals surface area contributed by atoms with Gasteiger partial charge in [-0.15, -0.1) is 10.2 Å². The molecule has 5 rings (SSSR count). The van der Waals surface area contributed by atoms with Crippen molar-refractivity contribution in [1.82, 2.24) is 40.4 Å². The molecule has 0 spiro atoms. The summed E-state index contributed by atoms with van der Waals surface area (Å²) in [5.41, 5.74) is 5.16. The van der Waals surface area contributed by atoms with Gasteiger partial charge >= 0.3 is 0 Å². The van der Waals surface area contributed by atoms with Crippen LogP contribution in [-0.4, -0.2) is 40.4 Å². The molecule has 182 valence electrons. The molecule has 3 aromatic heterocycles. The monoisotopic (exact) mass is 478 g/mol. The largest absolute Gasteiger partial charge is 0.255 e. The SMILES string of the molecule is CCCCCc1nc(CCc2ccccc2)nn1Cc1ccc(-c2ncccc2-c2nn[nH]n2)cc1. The Hall–Kier alpha value is -4.20. The average molecular weight is 479 g/mol. The van der Waals surface area contributed by atoms with E-state index >= 15 is 0 Å². The van der Waals surface area contributed by atoms with Crippen molar-refractivity contribution in [2.45, 2.75) is 52.0 Å². The first kappa shape index (κ1) is 23.5. The van der Waals surface area contributed by atoms with E-state index in [1.807, 2.05) is 18.2 Å². The fourth-order valence-corrected chi connectivity index (χ4v) is 4.31. The molecule has 0 saturated heterocycles. The molecule has 36 heavy (non-hydrogen) atoms. The summed E-state index contributed by atoms with van der Waals surface area (Å²) in [7, 11) is 0. The molecule has 5 aromatic rings. The first-order valence-electron chi connectivity index (χ1n) is 12.5. The number of aromatic amines is 1. The number of pyridine rings is 1. The molecule has 8 heteroatoms. The van der Waals surface area contributed by atoms with E-state index in [9.17, 15) is 0 Å². The minimum atomic E-state index is 0.532. The van der Waals surface area contributed by atoms with Crippen molar-refractivity contribution in [2.75, 3.05) is 0 Å². The normalized spacial score (nSPS) is 11.1. The number of unbranched alkanes of at least 4 members (excludes halogenated alkanes) is 2. The number of nitrogens with one attached hydrogen (secondary N) is 1. The number of nitrogens with zero attached hydrogens (tertiary/aromatic N) is 7. The van der Waals surface area contributed by atoms with Gasteiger partial charge in [-0.1, -0.05) is 74.4 Å². The highest BCUT2D eigenvalue weighted by molar-refractivity contribution is 5.76. The van der Waals surface area contributed by atoms with Crippen molar-refractivity contribution < 1.29 is 0 Å². The van der Waals surface area contributed by atoms with E-state index in [2.05, 4.69) is 85.7 Å². The highest BCUT2D eigenvalue weighted by atomic mass is 15.5. The Morgan fingerprint density at radius 3 is 2.47 bits per heavy atom. The molecule has 8 nitrogen and oxygen atoms in total. The molecule has 0 aliphatic rings. The number of rotatable bonds is 11. The molecule has 0 saturated carbocycles. The number of tetrazole rings is 1. The van der Waals surface area contributed by atoms with Gasteiger partial charge < -0.3 is 0 Å². The Bertz CT molecular complexity index is 1360. The third-order valence-corrected chi connectivity index (χ3v) is 6.23. The molecule has 0 aliphatic carbocycles. The van der Waals surface area contributed by atoms with Crippen molar-refractivity contribution in [3.63, 3.8) is 0 Å². The number of hydrogen-bond acceptors (Lipinski definition) is 6. The van der Waals surface area contributed by atoms with Crippen LogP contribution in [-0.2, 0) is 25.8 Å². The van der Waals surface area contributed by atoms with E-state index in [1.165, 1.54) is 24.0 Å². The maximum Gasteiger partial charge on any atom is 0.206 e. The molecule has 1 N–H and O–H groups in total. The molecule has 0 unspecified atom stereocenters. The molecule has 0 bridgehead atoms. The minimum absolute atomic E-state index is 0.532. The molecule has 0 atom stereocenters. The maximum absolute atomic E-state index is 4.92. The van der Waals surface area contributed by atoms with E-state index in [-0.39, 0.29) is 0 Å². The second-order valence-corrected chi connectivity index (χ2v) is 8.88. The van der Waals surface area contributed by atoms with Crippen LogP contribution in [0.25, 0.3) is 22.6 Å². The molecule has 0 radical (unpaired) electrons. The second kappa shape index (κ2) is 11.5. The summed E-state index contributed by atoms with van der Waals surface area (Å²) in [6, 6.07) is 22.8. The average Bonchev–Trinajstić information content (AvgIpc) is 3.59. The first-order chi connectivity index (χ1) is 17.8. The van der Waals surface area contributed by atoms with Crippen LogP contribution in [0.1, 0.15) is 49.0 Å². The molecule has 2 aromatic carbocycles. The Balaban J connectivity index is 1.33. The van der Waals surface area contributed by atoms with Gasteiger partial charge in [0.25, 0.3) is 0 Å². The predicted molar refractivity (Wildman–Crippen MR) is 139 cm³/mol. The molecule has 0 amide bonds. The lowest BCUT2D eigenvalue weighted by Crippen LogP contribution is -2.07. The highest BCUT2D eigenvalue weighted by Gasteiger charge is 2.14. The zero-order chi connectivity index (χ0) is 24.6. The predicted octanol–water partition coefficient (Wildman–Crippen LogP) is 5.09. The summed E-state index contributed by atoms with van der Waals surface area (Å²) < 4.78 is 2.08. The first-order valence-corrected chi connectivity index (χ1v) is 12.5. The van der Waals surface area contributed by atoms with Gasteiger partial charge in [0, 0.05) is 30.2 Å². The van der Waals surface area contributed by atoms with Gasteiger partial charge in [0.15, 0.2) is 5.82 Å². The van der Waals surface area contributed by atoms with Gasteiger partial charge in [-0.25, -0.2) is 9.67 Å². The van der Waals surface area contributed by atoms with Crippen LogP contribution in [0.2, 0.25) is 0 Å². The van der Waals surface area contributed by atoms with Crippen LogP contribution in [0.15, 0.2) is 72.9 Å². The molecule has 3 heterocycles. The van der Waals surface area contributed by atoms with Gasteiger partial charge in [0.2, 0.25) is 5.82 Å². The summed E-state index contributed by atoms with van der Waals surface area (Å²) in [6.07, 6.45) is 8.04. The molecule has 0 fully saturated rings. The van der Waals surface area contributed by atoms with Gasteiger partial charge in [-0.2, -0.15) is 10.3 Å². The quantitative estimate of drug-likeness (QED) is 0.266. The number of benzene rings is 2. The van der Waals surface area contributed by atoms with Gasteiger partial charge in [-0.3, -0.25) is 4.98 Å². The zero-order valence-electron chi connectivity index (χ0n) is 20.5. The lowest BCUT2D eigenvalue weighted by Gasteiger charge is -2.09. The summed E-state index contributed by atoms with van der Waals surface area (Å²) in [6.45, 7) is 2.92. The van der Waals surface area contributed by atoms with Crippen LogP contribution in [0.3, 0.4) is 0 Å². The minimum Gasteiger partial charge on any atom is -0.255 e. The number of hydrogen-bond donors (Lipinski definition) is 1.